The molecule has 10 rings (SSSR count). The molecule has 0 amide bonds. The van der Waals surface area contributed by atoms with Gasteiger partial charge >= 0.3 is 0 Å². The topological polar surface area (TPSA) is 12.0 Å². The van der Waals surface area contributed by atoms with Gasteiger partial charge in [0.25, 0.3) is 0 Å². The average molecular weight is 756 g/mol. The fraction of sp³-hybridized carbons (Fsp3) is 0.0755. The standard InChI is InChI=1S/C53H39NS2.H2/c1-3-40-38-29-28-37(44-22-14-26-48-47-25-13-21-43(52(47)56-53(44)48)35-15-7-4-5-8-16-35)30-31-39(33-38)54-49(40)32-27-34(2)41-19-11-23-45-46-24-12-20-42(51(46)55-50(41)45)36-17-9-6-10-18-36;/h3-7,9-34,37,39,54H,1H2,2H3;1H/b29-28?,31-30-,32-27-;. The van der Waals surface area contributed by atoms with Crippen LogP contribution in [0.1, 0.15) is 36.9 Å². The van der Waals surface area contributed by atoms with Crippen LogP contribution in [-0.4, -0.2) is 6.04 Å². The first-order valence-corrected chi connectivity index (χ1v) is 20.9. The van der Waals surface area contributed by atoms with E-state index in [2.05, 4.69) is 188 Å². The van der Waals surface area contributed by atoms with E-state index in [4.69, 9.17) is 0 Å². The van der Waals surface area contributed by atoms with Crippen molar-refractivity contribution in [2.75, 3.05) is 0 Å². The van der Waals surface area contributed by atoms with E-state index in [1.54, 1.807) is 0 Å². The largest absolute Gasteiger partial charge is 0.375 e. The lowest BCUT2D eigenvalue weighted by Crippen LogP contribution is -2.29. The molecule has 3 atom stereocenters. The maximum atomic E-state index is 4.28. The smallest absolute Gasteiger partial charge is 0.0638 e. The molecule has 3 aliphatic rings. The van der Waals surface area contributed by atoms with Crippen LogP contribution in [0.4, 0.5) is 0 Å². The second-order valence-electron chi connectivity index (χ2n) is 14.6. The van der Waals surface area contributed by atoms with E-state index in [1.807, 2.05) is 40.9 Å². The molecule has 2 aliphatic carbocycles. The van der Waals surface area contributed by atoms with Crippen molar-refractivity contribution in [3.63, 3.8) is 0 Å². The van der Waals surface area contributed by atoms with Crippen LogP contribution in [0.15, 0.2) is 211 Å². The van der Waals surface area contributed by atoms with E-state index in [0.29, 0.717) is 0 Å². The van der Waals surface area contributed by atoms with Crippen LogP contribution < -0.4 is 5.32 Å². The summed E-state index contributed by atoms with van der Waals surface area (Å²) in [4.78, 5) is 0. The van der Waals surface area contributed by atoms with E-state index < -0.39 is 0 Å². The minimum Gasteiger partial charge on any atom is -0.375 e. The van der Waals surface area contributed by atoms with Crippen molar-refractivity contribution in [2.45, 2.75) is 24.8 Å². The summed E-state index contributed by atoms with van der Waals surface area (Å²) >= 11 is 3.82. The second kappa shape index (κ2) is 14.5. The van der Waals surface area contributed by atoms with Crippen molar-refractivity contribution in [1.29, 1.82) is 0 Å². The maximum absolute atomic E-state index is 4.28. The Morgan fingerprint density at radius 2 is 1.43 bits per heavy atom. The van der Waals surface area contributed by atoms with E-state index in [-0.39, 0.29) is 19.3 Å². The van der Waals surface area contributed by atoms with Gasteiger partial charge in [-0.05, 0) is 51.6 Å². The highest BCUT2D eigenvalue weighted by atomic mass is 32.1. The van der Waals surface area contributed by atoms with Crippen LogP contribution in [-0.2, 0) is 0 Å². The molecule has 2 bridgehead atoms. The third-order valence-electron chi connectivity index (χ3n) is 11.2. The van der Waals surface area contributed by atoms with Gasteiger partial charge in [-0.3, -0.25) is 0 Å². The van der Waals surface area contributed by atoms with E-state index >= 15 is 0 Å². The third-order valence-corrected chi connectivity index (χ3v) is 13.8. The molecule has 0 spiro atoms. The van der Waals surface area contributed by atoms with Crippen molar-refractivity contribution in [3.05, 3.63) is 228 Å². The molecular formula is C53H41NS2. The monoisotopic (exact) mass is 755 g/mol. The normalized spacial score (nSPS) is 18.9. The molecule has 0 fully saturated rings. The lowest BCUT2D eigenvalue weighted by atomic mass is 9.88. The van der Waals surface area contributed by atoms with Gasteiger partial charge in [-0.25, -0.2) is 0 Å². The van der Waals surface area contributed by atoms with Crippen LogP contribution in [0.25, 0.3) is 57.0 Å². The molecule has 270 valence electrons. The summed E-state index contributed by atoms with van der Waals surface area (Å²) in [7, 11) is 0. The molecular weight excluding hydrogens is 715 g/mol. The Labute approximate surface area is 337 Å². The highest BCUT2D eigenvalue weighted by Gasteiger charge is 2.22. The zero-order valence-corrected chi connectivity index (χ0v) is 32.7. The molecule has 1 nitrogen and oxygen atoms in total. The Balaban J connectivity index is 0.00000422. The second-order valence-corrected chi connectivity index (χ2v) is 16.6. The minimum absolute atomic E-state index is 0. The van der Waals surface area contributed by atoms with Crippen LogP contribution in [0, 0.1) is 0 Å². The molecule has 1 aliphatic heterocycles. The van der Waals surface area contributed by atoms with Crippen molar-refractivity contribution in [3.8, 4) is 11.1 Å². The first-order valence-electron chi connectivity index (χ1n) is 19.3. The predicted molar refractivity (Wildman–Crippen MR) is 247 cm³/mol. The fourth-order valence-electron chi connectivity index (χ4n) is 8.42. The highest BCUT2D eigenvalue weighted by molar-refractivity contribution is 7.26. The summed E-state index contributed by atoms with van der Waals surface area (Å²) in [6.07, 6.45) is 28.6. The number of nitrogens with one attached hydrogen (secondary N) is 1. The molecule has 0 radical (unpaired) electrons. The number of thiophene rings is 2. The Morgan fingerprint density at radius 3 is 2.25 bits per heavy atom. The number of hydrogen-bond donors (Lipinski definition) is 1. The predicted octanol–water partition coefficient (Wildman–Crippen LogP) is 14.9. The minimum atomic E-state index is 0. The van der Waals surface area contributed by atoms with E-state index in [0.717, 1.165) is 11.3 Å². The molecule has 3 unspecified atom stereocenters. The van der Waals surface area contributed by atoms with Gasteiger partial charge in [-0.1, -0.05) is 177 Å². The van der Waals surface area contributed by atoms with Crippen LogP contribution in [0.2, 0.25) is 0 Å². The molecule has 7 aromatic rings. The third kappa shape index (κ3) is 6.02. The number of fused-ring (bicyclic) bond motifs is 7. The van der Waals surface area contributed by atoms with Gasteiger partial charge < -0.3 is 5.32 Å². The van der Waals surface area contributed by atoms with Gasteiger partial charge in [0.1, 0.15) is 0 Å². The molecule has 1 N–H and O–H groups in total. The summed E-state index contributed by atoms with van der Waals surface area (Å²) in [5, 5.41) is 9.10. The van der Waals surface area contributed by atoms with Gasteiger partial charge in [0.15, 0.2) is 0 Å². The maximum Gasteiger partial charge on any atom is 0.0638 e. The van der Waals surface area contributed by atoms with E-state index in [9.17, 15) is 0 Å². The number of hydrogen-bond acceptors (Lipinski definition) is 3. The fourth-order valence-corrected chi connectivity index (χ4v) is 11.3. The summed E-state index contributed by atoms with van der Waals surface area (Å²) in [5.74, 6) is 0.354. The van der Waals surface area contributed by atoms with Crippen molar-refractivity contribution < 1.29 is 1.43 Å². The zero-order valence-electron chi connectivity index (χ0n) is 31.1. The van der Waals surface area contributed by atoms with E-state index in [1.165, 1.54) is 79.3 Å². The molecule has 56 heavy (non-hydrogen) atoms. The molecule has 3 heteroatoms. The summed E-state index contributed by atoms with van der Waals surface area (Å²) in [6.45, 7) is 6.58. The lowest BCUT2D eigenvalue weighted by molar-refractivity contribution is 0.772. The first-order chi connectivity index (χ1) is 27.6. The van der Waals surface area contributed by atoms with Crippen LogP contribution in [0.3, 0.4) is 0 Å². The SMILES string of the molecule is C=CC1=C(/C=C\C(C)c2cccc3c2sc2c(-c4ccccc4)cccc23)NC2C=C1C=CC(c1cccc3c1sc1c(C4=CC=CC=C=C4)cccc13)/C=C\2.[HH]. The Kier molecular flexibility index (Phi) is 8.85. The lowest BCUT2D eigenvalue weighted by Gasteiger charge is -2.26. The number of benzene rings is 5. The first kappa shape index (κ1) is 34.3. The van der Waals surface area contributed by atoms with Gasteiger partial charge in [0, 0.05) is 70.4 Å². The summed E-state index contributed by atoms with van der Waals surface area (Å²) in [6, 6.07) is 37.8. The zero-order chi connectivity index (χ0) is 37.6. The molecule has 3 heterocycles. The van der Waals surface area contributed by atoms with Gasteiger partial charge in [-0.15, -0.1) is 28.4 Å². The quantitative estimate of drug-likeness (QED) is 0.126. The molecule has 5 aromatic carbocycles. The Bertz CT molecular complexity index is 3020. The van der Waals surface area contributed by atoms with Crippen molar-refractivity contribution in [1.82, 2.24) is 5.32 Å². The molecule has 0 saturated carbocycles. The van der Waals surface area contributed by atoms with Gasteiger partial charge in [0.05, 0.1) is 6.04 Å². The van der Waals surface area contributed by atoms with Crippen LogP contribution in [0.5, 0.6) is 0 Å². The van der Waals surface area contributed by atoms with Gasteiger partial charge in [-0.2, -0.15) is 0 Å². The van der Waals surface area contributed by atoms with Gasteiger partial charge in [0.2, 0.25) is 0 Å². The van der Waals surface area contributed by atoms with Crippen LogP contribution >= 0.6 is 22.7 Å². The summed E-state index contributed by atoms with van der Waals surface area (Å²) in [5.41, 5.74) is 14.4. The van der Waals surface area contributed by atoms with Crippen molar-refractivity contribution in [2.24, 2.45) is 0 Å². The Hall–Kier alpha value is -6.22. The average Bonchev–Trinajstić information content (AvgIpc) is 3.70. The number of allylic oxidation sites excluding steroid dienone is 13. The summed E-state index contributed by atoms with van der Waals surface area (Å²) < 4.78 is 5.37. The number of rotatable bonds is 7. The van der Waals surface area contributed by atoms with Crippen molar-refractivity contribution >= 4 is 68.6 Å². The highest BCUT2D eigenvalue weighted by Crippen LogP contribution is 2.44. The molecule has 2 aromatic heterocycles. The Morgan fingerprint density at radius 1 is 0.714 bits per heavy atom. The number of dihydropyridines is 1. The molecule has 0 saturated heterocycles.